The molecule has 0 amide bonds. The lowest BCUT2D eigenvalue weighted by Crippen LogP contribution is -2.50. The Morgan fingerprint density at radius 2 is 1.63 bits per heavy atom. The number of ether oxygens (including phenoxy) is 1. The first kappa shape index (κ1) is 23.6. The zero-order valence-electron chi connectivity index (χ0n) is 16.4. The van der Waals surface area contributed by atoms with Crippen molar-refractivity contribution in [3.8, 4) is 0 Å². The molecule has 1 heterocycles. The Hall–Kier alpha value is -2.63. The van der Waals surface area contributed by atoms with Crippen LogP contribution in [0.5, 0.6) is 0 Å². The molecule has 0 radical (unpaired) electrons. The minimum atomic E-state index is -1.50. The predicted octanol–water partition coefficient (Wildman–Crippen LogP) is -2.11. The summed E-state index contributed by atoms with van der Waals surface area (Å²) in [6.07, 6.45) is 7.57. The first-order valence-corrected chi connectivity index (χ1v) is 9.47. The van der Waals surface area contributed by atoms with E-state index < -0.39 is 5.79 Å². The van der Waals surface area contributed by atoms with Gasteiger partial charge in [-0.3, -0.25) is 14.4 Å². The molecular formula is C20H26N2O8. The van der Waals surface area contributed by atoms with E-state index in [0.29, 0.717) is 25.4 Å². The van der Waals surface area contributed by atoms with Gasteiger partial charge in [-0.1, -0.05) is 0 Å². The summed E-state index contributed by atoms with van der Waals surface area (Å²) in [6.45, 7) is 1.47. The van der Waals surface area contributed by atoms with Crippen LogP contribution in [0.25, 0.3) is 0 Å². The fourth-order valence-corrected chi connectivity index (χ4v) is 3.13. The number of β-amino-alcohol motifs (C(OH)–C–C–N with tert-alkyl or cyclic N) is 1. The molecule has 3 rings (SSSR count). The van der Waals surface area contributed by atoms with Crippen LogP contribution in [0.2, 0.25) is 0 Å². The Balaban J connectivity index is 0.000000214. The Morgan fingerprint density at radius 1 is 0.967 bits per heavy atom. The number of aliphatic hydroxyl groups excluding tert-OH is 3. The zero-order chi connectivity index (χ0) is 22.1. The molecule has 4 N–H and O–H groups in total. The Labute approximate surface area is 173 Å². The van der Waals surface area contributed by atoms with Gasteiger partial charge in [0.05, 0.1) is 37.8 Å². The van der Waals surface area contributed by atoms with Gasteiger partial charge in [0.1, 0.15) is 0 Å². The fourth-order valence-electron chi connectivity index (χ4n) is 3.13. The third-order valence-corrected chi connectivity index (χ3v) is 4.52. The predicted molar refractivity (Wildman–Crippen MR) is 105 cm³/mol. The zero-order valence-corrected chi connectivity index (χ0v) is 16.4. The first-order valence-electron chi connectivity index (χ1n) is 9.47. The van der Waals surface area contributed by atoms with Crippen LogP contribution in [0.4, 0.5) is 0 Å². The Kier molecular flexibility index (Phi) is 8.63. The van der Waals surface area contributed by atoms with Crippen molar-refractivity contribution in [2.24, 2.45) is 0 Å². The number of fused-ring (bicyclic) bond motifs is 1. The second kappa shape index (κ2) is 11.0. The molecule has 164 valence electrons. The third-order valence-electron chi connectivity index (χ3n) is 4.52. The number of carbonyl (C=O) groups is 3. The topological polar surface area (TPSA) is 148 Å². The molecule has 1 fully saturated rings. The molecule has 0 aromatic rings. The number of carbonyl (C=O) groups excluding carboxylic acids is 3. The van der Waals surface area contributed by atoms with Crippen molar-refractivity contribution in [1.29, 1.82) is 0 Å². The smallest absolute Gasteiger partial charge is 0.228 e. The van der Waals surface area contributed by atoms with E-state index in [1.54, 1.807) is 4.90 Å². The van der Waals surface area contributed by atoms with E-state index in [4.69, 9.17) is 20.1 Å². The van der Waals surface area contributed by atoms with Crippen molar-refractivity contribution in [2.45, 2.75) is 5.79 Å². The number of aliphatic hydroxyl groups is 4. The van der Waals surface area contributed by atoms with E-state index in [1.807, 2.05) is 0 Å². The minimum Gasteiger partial charge on any atom is -0.395 e. The van der Waals surface area contributed by atoms with Gasteiger partial charge >= 0.3 is 0 Å². The molecule has 0 aromatic heterocycles. The lowest BCUT2D eigenvalue weighted by Gasteiger charge is -2.41. The summed E-state index contributed by atoms with van der Waals surface area (Å²) >= 11 is 0. The Morgan fingerprint density at radius 3 is 2.27 bits per heavy atom. The SMILES string of the molecule is O=C1C=CC(=O)C(N(CCO)CCO)=C1.O=C1C=CC2(O)OCCN(CCO)C2=C1. The number of hydrogen-bond acceptors (Lipinski definition) is 10. The molecule has 3 aliphatic rings. The number of ketones is 3. The van der Waals surface area contributed by atoms with Gasteiger partial charge in [0.15, 0.2) is 11.6 Å². The van der Waals surface area contributed by atoms with E-state index in [-0.39, 0.29) is 56.0 Å². The van der Waals surface area contributed by atoms with Gasteiger partial charge in [0.25, 0.3) is 0 Å². The summed E-state index contributed by atoms with van der Waals surface area (Å²) in [7, 11) is 0. The molecule has 10 heteroatoms. The standard InChI is InChI=1S/2C10H13NO4/c12-5-3-11-4-6-15-10(14)2-1-8(13)7-9(10)11;12-5-3-11(4-6-13)9-7-8(14)1-2-10(9)15/h1-2,7,12,14H,3-6H2;1-2,7,12-13H,3-6H2. The maximum absolute atomic E-state index is 11.4. The highest BCUT2D eigenvalue weighted by atomic mass is 16.6. The normalized spacial score (nSPS) is 22.8. The summed E-state index contributed by atoms with van der Waals surface area (Å²) in [4.78, 5) is 36.9. The van der Waals surface area contributed by atoms with Crippen LogP contribution >= 0.6 is 0 Å². The highest BCUT2D eigenvalue weighted by Gasteiger charge is 2.39. The van der Waals surface area contributed by atoms with E-state index in [1.165, 1.54) is 41.4 Å². The summed E-state index contributed by atoms with van der Waals surface area (Å²) in [6, 6.07) is 0. The first-order chi connectivity index (χ1) is 14.3. The summed E-state index contributed by atoms with van der Waals surface area (Å²) in [5.74, 6) is -2.22. The molecule has 0 bridgehead atoms. The maximum atomic E-state index is 11.4. The molecule has 2 aliphatic carbocycles. The average molecular weight is 422 g/mol. The maximum Gasteiger partial charge on any atom is 0.228 e. The van der Waals surface area contributed by atoms with Gasteiger partial charge in [-0.2, -0.15) is 0 Å². The molecular weight excluding hydrogens is 396 g/mol. The second-order valence-electron chi connectivity index (χ2n) is 6.58. The van der Waals surface area contributed by atoms with Gasteiger partial charge in [-0.25, -0.2) is 0 Å². The van der Waals surface area contributed by atoms with Crippen LogP contribution in [-0.2, 0) is 19.1 Å². The third kappa shape index (κ3) is 5.94. The quantitative estimate of drug-likeness (QED) is 0.336. The van der Waals surface area contributed by atoms with Gasteiger partial charge in [0, 0.05) is 38.3 Å². The van der Waals surface area contributed by atoms with E-state index >= 15 is 0 Å². The van der Waals surface area contributed by atoms with Crippen molar-refractivity contribution >= 4 is 17.3 Å². The van der Waals surface area contributed by atoms with Crippen LogP contribution in [0.15, 0.2) is 47.9 Å². The van der Waals surface area contributed by atoms with Crippen molar-refractivity contribution in [3.63, 3.8) is 0 Å². The van der Waals surface area contributed by atoms with Gasteiger partial charge in [-0.05, 0) is 24.3 Å². The molecule has 10 nitrogen and oxygen atoms in total. The highest BCUT2D eigenvalue weighted by Crippen LogP contribution is 2.30. The average Bonchev–Trinajstić information content (AvgIpc) is 2.71. The van der Waals surface area contributed by atoms with Crippen molar-refractivity contribution < 1.29 is 39.5 Å². The molecule has 1 saturated heterocycles. The van der Waals surface area contributed by atoms with Crippen LogP contribution in [0.3, 0.4) is 0 Å². The number of rotatable bonds is 7. The van der Waals surface area contributed by atoms with E-state index in [2.05, 4.69) is 0 Å². The minimum absolute atomic E-state index is 0.0225. The van der Waals surface area contributed by atoms with Crippen LogP contribution in [0, 0.1) is 0 Å². The lowest BCUT2D eigenvalue weighted by atomic mass is 10.0. The number of morpholine rings is 1. The second-order valence-corrected chi connectivity index (χ2v) is 6.58. The van der Waals surface area contributed by atoms with Crippen molar-refractivity contribution in [1.82, 2.24) is 9.80 Å². The van der Waals surface area contributed by atoms with Gasteiger partial charge < -0.3 is 35.0 Å². The number of allylic oxidation sites excluding steroid dienone is 5. The number of nitrogens with zero attached hydrogens (tertiary/aromatic N) is 2. The van der Waals surface area contributed by atoms with Gasteiger partial charge in [-0.15, -0.1) is 0 Å². The van der Waals surface area contributed by atoms with E-state index in [0.717, 1.165) is 0 Å². The molecule has 0 aromatic carbocycles. The van der Waals surface area contributed by atoms with Crippen LogP contribution < -0.4 is 0 Å². The molecule has 30 heavy (non-hydrogen) atoms. The van der Waals surface area contributed by atoms with Gasteiger partial charge in [0.2, 0.25) is 11.6 Å². The van der Waals surface area contributed by atoms with E-state index in [9.17, 15) is 19.5 Å². The van der Waals surface area contributed by atoms with Crippen LogP contribution in [-0.4, -0.2) is 106 Å². The molecule has 0 saturated carbocycles. The van der Waals surface area contributed by atoms with Crippen LogP contribution in [0.1, 0.15) is 0 Å². The molecule has 1 unspecified atom stereocenters. The molecule has 0 spiro atoms. The summed E-state index contributed by atoms with van der Waals surface area (Å²) in [5.41, 5.74) is 0.640. The number of hydrogen-bond donors (Lipinski definition) is 4. The largest absolute Gasteiger partial charge is 0.395 e. The fraction of sp³-hybridized carbons (Fsp3) is 0.450. The summed E-state index contributed by atoms with van der Waals surface area (Å²) < 4.78 is 5.22. The highest BCUT2D eigenvalue weighted by molar-refractivity contribution is 6.16. The summed E-state index contributed by atoms with van der Waals surface area (Å²) in [5, 5.41) is 36.5. The van der Waals surface area contributed by atoms with Crippen molar-refractivity contribution in [3.05, 3.63) is 47.9 Å². The lowest BCUT2D eigenvalue weighted by molar-refractivity contribution is -0.178. The Bertz CT molecular complexity index is 778. The van der Waals surface area contributed by atoms with Crippen molar-refractivity contribution in [2.75, 3.05) is 52.6 Å². The monoisotopic (exact) mass is 422 g/mol. The molecule has 1 aliphatic heterocycles. The molecule has 1 atom stereocenters.